The number of carbonyl (C=O) groups excluding carboxylic acids is 3. The van der Waals surface area contributed by atoms with Crippen molar-refractivity contribution < 1.29 is 28.5 Å². The maximum absolute atomic E-state index is 14.8. The molecule has 2 aliphatic heterocycles. The van der Waals surface area contributed by atoms with Gasteiger partial charge in [0.1, 0.15) is 29.8 Å². The lowest BCUT2D eigenvalue weighted by atomic mass is 9.77. The van der Waals surface area contributed by atoms with Crippen molar-refractivity contribution in [1.82, 2.24) is 25.2 Å². The van der Waals surface area contributed by atoms with Crippen LogP contribution in [0.5, 0.6) is 0 Å². The summed E-state index contributed by atoms with van der Waals surface area (Å²) < 4.78 is 20.8. The van der Waals surface area contributed by atoms with Crippen molar-refractivity contribution in [3.05, 3.63) is 242 Å². The molecule has 2 aliphatic rings. The number of amides is 2. The third kappa shape index (κ3) is 9.12. The number of esters is 1. The van der Waals surface area contributed by atoms with E-state index < -0.39 is 52.0 Å². The number of pyridine rings is 1. The number of rotatable bonds is 16. The summed E-state index contributed by atoms with van der Waals surface area (Å²) in [5.74, 6) is -2.35. The number of β-lactam (4-membered cyclic amide) rings is 1. The van der Waals surface area contributed by atoms with Crippen LogP contribution in [0.1, 0.15) is 55.1 Å². The highest BCUT2D eigenvalue weighted by Gasteiger charge is 2.62. The van der Waals surface area contributed by atoms with Gasteiger partial charge in [-0.2, -0.15) is 0 Å². The molecule has 16 heteroatoms. The molecular weight excluding hydrogens is 939 g/mol. The third-order valence-electron chi connectivity index (χ3n) is 12.0. The molecule has 0 radical (unpaired) electrons. The predicted molar refractivity (Wildman–Crippen MR) is 271 cm³/mol. The van der Waals surface area contributed by atoms with Crippen molar-refractivity contribution in [1.29, 1.82) is 0 Å². The number of benzene rings is 5. The van der Waals surface area contributed by atoms with Gasteiger partial charge in [-0.25, -0.2) is 14.8 Å². The minimum atomic E-state index is -1.80. The van der Waals surface area contributed by atoms with Gasteiger partial charge in [0.15, 0.2) is 23.0 Å². The van der Waals surface area contributed by atoms with Crippen molar-refractivity contribution in [2.45, 2.75) is 29.5 Å². The van der Waals surface area contributed by atoms with Crippen LogP contribution in [0.3, 0.4) is 0 Å². The Kier molecular flexibility index (Phi) is 13.4. The Labute approximate surface area is 414 Å². The van der Waals surface area contributed by atoms with E-state index in [1.807, 2.05) is 164 Å². The van der Waals surface area contributed by atoms with E-state index in [1.165, 1.54) is 34.7 Å². The maximum Gasteiger partial charge on any atom is 0.356 e. The predicted octanol–water partition coefficient (Wildman–Crippen LogP) is 8.50. The average Bonchev–Trinajstić information content (AvgIpc) is 4.09. The van der Waals surface area contributed by atoms with Crippen molar-refractivity contribution in [3.8, 4) is 0 Å². The number of nitrogens with zero attached hydrogens (tertiary/aromatic N) is 5. The maximum atomic E-state index is 14.8. The van der Waals surface area contributed by atoms with Gasteiger partial charge in [-0.3, -0.25) is 19.5 Å². The molecule has 0 bridgehead atoms. The van der Waals surface area contributed by atoms with Gasteiger partial charge in [0.25, 0.3) is 11.8 Å². The van der Waals surface area contributed by atoms with Crippen LogP contribution >= 0.6 is 22.7 Å². The SMILES string of the molecule is CO/N=C(/C(=O)NC1C(=O)N2C(C(=O)OC(c3ccccc3)c3ccccc3)=C(c3cnc(Cc4cccnc4)s3)C[S+]([O-])C12)c1csc(NC(c2ccccc2)(c2ccccc2)c2ccccc2)n1. The molecular formula is C54H43N7O6S3. The molecule has 1 saturated heterocycles. The first-order valence-electron chi connectivity index (χ1n) is 22.2. The zero-order chi connectivity index (χ0) is 48.0. The minimum absolute atomic E-state index is 0.0618. The number of ether oxygens (including phenoxy) is 1. The number of carbonyl (C=O) groups is 3. The quantitative estimate of drug-likeness (QED) is 0.0239. The van der Waals surface area contributed by atoms with Crippen LogP contribution < -0.4 is 10.6 Å². The molecule has 348 valence electrons. The minimum Gasteiger partial charge on any atom is -0.614 e. The highest BCUT2D eigenvalue weighted by molar-refractivity contribution is 7.92. The summed E-state index contributed by atoms with van der Waals surface area (Å²) in [6.07, 6.45) is 4.71. The van der Waals surface area contributed by atoms with E-state index in [-0.39, 0.29) is 22.9 Å². The van der Waals surface area contributed by atoms with E-state index in [2.05, 4.69) is 25.8 Å². The van der Waals surface area contributed by atoms with Crippen molar-refractivity contribution >= 4 is 68.0 Å². The van der Waals surface area contributed by atoms with Crippen LogP contribution in [-0.2, 0) is 47.1 Å². The topological polar surface area (TPSA) is 171 Å². The molecule has 0 saturated carbocycles. The molecule has 3 unspecified atom stereocenters. The van der Waals surface area contributed by atoms with Crippen molar-refractivity contribution in [2.24, 2.45) is 5.16 Å². The molecule has 2 N–H and O–H groups in total. The second-order valence-corrected chi connectivity index (χ2v) is 19.8. The van der Waals surface area contributed by atoms with Gasteiger partial charge in [-0.05, 0) is 50.6 Å². The van der Waals surface area contributed by atoms with Crippen LogP contribution in [0.4, 0.5) is 5.13 Å². The second kappa shape index (κ2) is 20.5. The largest absolute Gasteiger partial charge is 0.614 e. The molecule has 0 aliphatic carbocycles. The molecule has 2 amide bonds. The lowest BCUT2D eigenvalue weighted by molar-refractivity contribution is -0.154. The van der Waals surface area contributed by atoms with Crippen molar-refractivity contribution in [3.63, 3.8) is 0 Å². The van der Waals surface area contributed by atoms with Gasteiger partial charge in [-0.1, -0.05) is 163 Å². The van der Waals surface area contributed by atoms with Gasteiger partial charge in [0.05, 0.1) is 15.5 Å². The summed E-state index contributed by atoms with van der Waals surface area (Å²) in [6, 6.07) is 51.2. The number of hydrogen-bond donors (Lipinski definition) is 2. The standard InChI is InChI=1S/C54H43N7O6S3/c1-66-60-45(42-33-68-53(57-42)59-54(38-23-11-4-12-24-38,39-25-13-5-14-26-39)40-27-15-6-16-28-40)49(62)58-46-50(63)61-47(52(64)67-48(36-19-7-2-8-20-36)37-21-9-3-10-22-37)41(34-70(65)51(46)61)43-32-56-44(69-43)30-35-18-17-29-55-31-35/h2-29,31-33,46,48,51H,30,34H2,1H3,(H,57,59)(H,58,62)/b60-45+. The Hall–Kier alpha value is -7.76. The van der Waals surface area contributed by atoms with Crippen LogP contribution in [0.25, 0.3) is 5.57 Å². The molecule has 5 aromatic carbocycles. The first kappa shape index (κ1) is 46.0. The lowest BCUT2D eigenvalue weighted by Gasteiger charge is -2.49. The van der Waals surface area contributed by atoms with Gasteiger partial charge in [0, 0.05) is 30.4 Å². The van der Waals surface area contributed by atoms with Gasteiger partial charge in [0.2, 0.25) is 5.37 Å². The number of anilines is 1. The summed E-state index contributed by atoms with van der Waals surface area (Å²) in [4.78, 5) is 64.4. The van der Waals surface area contributed by atoms with Gasteiger partial charge < -0.3 is 24.8 Å². The Balaban J connectivity index is 0.954. The normalized spacial score (nSPS) is 16.8. The third-order valence-corrected chi connectivity index (χ3v) is 15.4. The summed E-state index contributed by atoms with van der Waals surface area (Å²) >= 11 is 0.796. The van der Waals surface area contributed by atoms with Crippen LogP contribution in [-0.4, -0.2) is 72.2 Å². The van der Waals surface area contributed by atoms with Gasteiger partial charge in [-0.15, -0.1) is 22.7 Å². The monoisotopic (exact) mass is 981 g/mol. The highest BCUT2D eigenvalue weighted by atomic mass is 32.2. The smallest absolute Gasteiger partial charge is 0.356 e. The van der Waals surface area contributed by atoms with Crippen LogP contribution in [0.2, 0.25) is 0 Å². The summed E-state index contributed by atoms with van der Waals surface area (Å²) in [5.41, 5.74) is 4.60. The Morgan fingerprint density at radius 3 is 1.97 bits per heavy atom. The highest BCUT2D eigenvalue weighted by Crippen LogP contribution is 2.44. The molecule has 70 heavy (non-hydrogen) atoms. The number of fused-ring (bicyclic) bond motifs is 1. The van der Waals surface area contributed by atoms with E-state index in [0.717, 1.165) is 27.3 Å². The van der Waals surface area contributed by atoms with Crippen LogP contribution in [0.15, 0.2) is 199 Å². The molecule has 3 atom stereocenters. The molecule has 10 rings (SSSR count). The Morgan fingerprint density at radius 1 is 0.829 bits per heavy atom. The number of aromatic nitrogens is 3. The first-order valence-corrected chi connectivity index (χ1v) is 25.3. The molecule has 13 nitrogen and oxygen atoms in total. The lowest BCUT2D eigenvalue weighted by Crippen LogP contribution is -2.75. The molecule has 3 aromatic heterocycles. The zero-order valence-electron chi connectivity index (χ0n) is 37.5. The van der Waals surface area contributed by atoms with Crippen LogP contribution in [0, 0.1) is 0 Å². The second-order valence-electron chi connectivity index (χ2n) is 16.3. The van der Waals surface area contributed by atoms with E-state index in [0.29, 0.717) is 33.1 Å². The number of nitrogens with one attached hydrogen (secondary N) is 2. The number of hydrogen-bond acceptors (Lipinski definition) is 13. The Bertz CT molecular complexity index is 3040. The first-order chi connectivity index (χ1) is 34.3. The fourth-order valence-electron chi connectivity index (χ4n) is 8.80. The van der Waals surface area contributed by atoms with E-state index in [9.17, 15) is 18.9 Å². The molecule has 1 fully saturated rings. The average molecular weight is 982 g/mol. The summed E-state index contributed by atoms with van der Waals surface area (Å²) in [7, 11) is 1.31. The summed E-state index contributed by atoms with van der Waals surface area (Å²) in [6.45, 7) is 0. The number of oxime groups is 1. The van der Waals surface area contributed by atoms with E-state index in [4.69, 9.17) is 14.6 Å². The molecule has 0 spiro atoms. The van der Waals surface area contributed by atoms with Gasteiger partial charge >= 0.3 is 5.97 Å². The number of thiazole rings is 2. The fraction of sp³-hybridized carbons (Fsp3) is 0.130. The molecule has 5 heterocycles. The zero-order valence-corrected chi connectivity index (χ0v) is 39.9. The molecule has 8 aromatic rings. The Morgan fingerprint density at radius 2 is 1.41 bits per heavy atom. The van der Waals surface area contributed by atoms with E-state index in [1.54, 1.807) is 24.0 Å². The van der Waals surface area contributed by atoms with E-state index >= 15 is 0 Å². The summed E-state index contributed by atoms with van der Waals surface area (Å²) in [5, 5.41) is 12.3. The van der Waals surface area contributed by atoms with Crippen molar-refractivity contribution in [2.75, 3.05) is 18.2 Å². The fourth-order valence-corrected chi connectivity index (χ4v) is 12.3.